The Hall–Kier alpha value is -3.21. The Morgan fingerprint density at radius 1 is 1.07 bits per heavy atom. The molecule has 0 unspecified atom stereocenters. The van der Waals surface area contributed by atoms with Crippen LogP contribution in [0.15, 0.2) is 54.9 Å². The van der Waals surface area contributed by atoms with Crippen LogP contribution < -0.4 is 4.90 Å². The van der Waals surface area contributed by atoms with Crippen LogP contribution >= 0.6 is 0 Å². The van der Waals surface area contributed by atoms with Crippen LogP contribution in [0.3, 0.4) is 0 Å². The molecule has 0 spiro atoms. The van der Waals surface area contributed by atoms with Crippen molar-refractivity contribution in [2.75, 3.05) is 11.4 Å². The number of benzene rings is 2. The molecule has 1 N–H and O–H groups in total. The Labute approximate surface area is 156 Å². The number of aromatic nitrogens is 1. The third-order valence-electron chi connectivity index (χ3n) is 4.94. The fourth-order valence-electron chi connectivity index (χ4n) is 3.66. The van der Waals surface area contributed by atoms with Crippen molar-refractivity contribution in [2.24, 2.45) is 0 Å². The lowest BCUT2D eigenvalue weighted by atomic mass is 9.96. The van der Waals surface area contributed by atoms with Crippen molar-refractivity contribution in [3.63, 3.8) is 0 Å². The molecule has 1 amide bonds. The van der Waals surface area contributed by atoms with Gasteiger partial charge in [0.25, 0.3) is 0 Å². The van der Waals surface area contributed by atoms with E-state index < -0.39 is 5.82 Å². The molecule has 0 radical (unpaired) electrons. The molecular formula is C22H19FN2O2. The number of hydrogen-bond donors (Lipinski definition) is 1. The molecule has 1 aromatic heterocycles. The fourth-order valence-corrected chi connectivity index (χ4v) is 3.66. The zero-order chi connectivity index (χ0) is 19.0. The van der Waals surface area contributed by atoms with Gasteiger partial charge in [-0.3, -0.25) is 9.78 Å². The number of pyridine rings is 1. The molecule has 1 saturated heterocycles. The zero-order valence-corrected chi connectivity index (χ0v) is 14.9. The highest BCUT2D eigenvalue weighted by atomic mass is 19.1. The maximum absolute atomic E-state index is 14.9. The number of aromatic hydroxyl groups is 1. The molecule has 2 aromatic carbocycles. The number of halogens is 1. The quantitative estimate of drug-likeness (QED) is 0.735. The summed E-state index contributed by atoms with van der Waals surface area (Å²) in [6.45, 7) is 2.33. The van der Waals surface area contributed by atoms with E-state index in [1.54, 1.807) is 25.4 Å². The molecular weight excluding hydrogens is 343 g/mol. The van der Waals surface area contributed by atoms with Crippen molar-refractivity contribution in [3.8, 4) is 28.0 Å². The van der Waals surface area contributed by atoms with Crippen molar-refractivity contribution in [2.45, 2.75) is 19.8 Å². The first-order chi connectivity index (χ1) is 13.1. The lowest BCUT2D eigenvalue weighted by Crippen LogP contribution is -2.25. The molecule has 4 rings (SSSR count). The number of phenols is 1. The van der Waals surface area contributed by atoms with Crippen LogP contribution in [0.2, 0.25) is 0 Å². The molecule has 4 nitrogen and oxygen atoms in total. The predicted molar refractivity (Wildman–Crippen MR) is 103 cm³/mol. The lowest BCUT2D eigenvalue weighted by molar-refractivity contribution is -0.117. The predicted octanol–water partition coefficient (Wildman–Crippen LogP) is 4.70. The number of amides is 1. The summed E-state index contributed by atoms with van der Waals surface area (Å²) in [6, 6.07) is 12.2. The number of hydrogen-bond acceptors (Lipinski definition) is 3. The standard InChI is InChI=1S/C22H19FN2O2/c1-14-12-16(13-19(23)21(14)25-11-3-6-20(25)26)18-5-2-4-17(22(18)27)15-7-9-24-10-8-15/h2,4-5,7-10,12-13,27H,3,6,11H2,1H3. The van der Waals surface area contributed by atoms with E-state index in [9.17, 15) is 14.3 Å². The smallest absolute Gasteiger partial charge is 0.227 e. The van der Waals surface area contributed by atoms with Gasteiger partial charge in [0, 0.05) is 36.5 Å². The van der Waals surface area contributed by atoms with Gasteiger partial charge >= 0.3 is 0 Å². The largest absolute Gasteiger partial charge is 0.507 e. The Balaban J connectivity index is 1.80. The minimum Gasteiger partial charge on any atom is -0.507 e. The summed E-state index contributed by atoms with van der Waals surface area (Å²) in [7, 11) is 0. The van der Waals surface area contributed by atoms with Crippen LogP contribution in [-0.2, 0) is 4.79 Å². The Kier molecular flexibility index (Phi) is 4.36. The first kappa shape index (κ1) is 17.2. The molecule has 1 aliphatic heterocycles. The van der Waals surface area contributed by atoms with Gasteiger partial charge in [-0.05, 0) is 54.3 Å². The number of nitrogens with zero attached hydrogens (tertiary/aromatic N) is 2. The van der Waals surface area contributed by atoms with Crippen LogP contribution in [0.4, 0.5) is 10.1 Å². The Bertz CT molecular complexity index is 995. The topological polar surface area (TPSA) is 53.4 Å². The summed E-state index contributed by atoms with van der Waals surface area (Å²) >= 11 is 0. The van der Waals surface area contributed by atoms with Crippen molar-refractivity contribution in [3.05, 3.63) is 66.2 Å². The van der Waals surface area contributed by atoms with E-state index in [-0.39, 0.29) is 11.7 Å². The van der Waals surface area contributed by atoms with E-state index in [0.29, 0.717) is 40.9 Å². The first-order valence-corrected chi connectivity index (χ1v) is 8.89. The van der Waals surface area contributed by atoms with Gasteiger partial charge < -0.3 is 10.0 Å². The number of carbonyl (C=O) groups is 1. The molecule has 1 fully saturated rings. The van der Waals surface area contributed by atoms with Crippen LogP contribution in [-0.4, -0.2) is 22.5 Å². The Morgan fingerprint density at radius 2 is 1.78 bits per heavy atom. The highest BCUT2D eigenvalue weighted by Crippen LogP contribution is 2.40. The first-order valence-electron chi connectivity index (χ1n) is 8.89. The second kappa shape index (κ2) is 6.83. The van der Waals surface area contributed by atoms with Crippen molar-refractivity contribution < 1.29 is 14.3 Å². The van der Waals surface area contributed by atoms with Crippen molar-refractivity contribution in [1.29, 1.82) is 0 Å². The van der Waals surface area contributed by atoms with Crippen LogP contribution in [0.25, 0.3) is 22.3 Å². The second-order valence-corrected chi connectivity index (χ2v) is 6.71. The fraction of sp³-hybridized carbons (Fsp3) is 0.182. The van der Waals surface area contributed by atoms with E-state index >= 15 is 0 Å². The lowest BCUT2D eigenvalue weighted by Gasteiger charge is -2.20. The minimum absolute atomic E-state index is 0.0488. The summed E-state index contributed by atoms with van der Waals surface area (Å²) in [5, 5.41) is 10.8. The van der Waals surface area contributed by atoms with Gasteiger partial charge in [0.05, 0.1) is 5.69 Å². The van der Waals surface area contributed by atoms with Gasteiger partial charge in [0.15, 0.2) is 0 Å². The highest BCUT2D eigenvalue weighted by Gasteiger charge is 2.26. The van der Waals surface area contributed by atoms with Gasteiger partial charge in [0.1, 0.15) is 11.6 Å². The van der Waals surface area contributed by atoms with E-state index in [1.807, 2.05) is 30.3 Å². The van der Waals surface area contributed by atoms with Crippen LogP contribution in [0.5, 0.6) is 5.75 Å². The number of anilines is 1. The average molecular weight is 362 g/mol. The van der Waals surface area contributed by atoms with Crippen molar-refractivity contribution >= 4 is 11.6 Å². The normalized spacial score (nSPS) is 14.0. The molecule has 2 heterocycles. The monoisotopic (exact) mass is 362 g/mol. The number of aryl methyl sites for hydroxylation is 1. The third-order valence-corrected chi connectivity index (χ3v) is 4.94. The van der Waals surface area contributed by atoms with Gasteiger partial charge in [-0.2, -0.15) is 0 Å². The number of para-hydroxylation sites is 1. The maximum Gasteiger partial charge on any atom is 0.227 e. The van der Waals surface area contributed by atoms with Crippen molar-refractivity contribution in [1.82, 2.24) is 4.98 Å². The van der Waals surface area contributed by atoms with Gasteiger partial charge in [-0.15, -0.1) is 0 Å². The molecule has 1 aliphatic rings. The van der Waals surface area contributed by atoms with Gasteiger partial charge in [0.2, 0.25) is 5.91 Å². The molecule has 27 heavy (non-hydrogen) atoms. The molecule has 136 valence electrons. The molecule has 0 saturated carbocycles. The van der Waals surface area contributed by atoms with Crippen LogP contribution in [0.1, 0.15) is 18.4 Å². The van der Waals surface area contributed by atoms with E-state index in [4.69, 9.17) is 0 Å². The SMILES string of the molecule is Cc1cc(-c2cccc(-c3ccncc3)c2O)cc(F)c1N1CCCC1=O. The zero-order valence-electron chi connectivity index (χ0n) is 14.9. The molecule has 3 aromatic rings. The van der Waals surface area contributed by atoms with Gasteiger partial charge in [-0.25, -0.2) is 4.39 Å². The second-order valence-electron chi connectivity index (χ2n) is 6.71. The summed E-state index contributed by atoms with van der Waals surface area (Å²) in [5.41, 5.74) is 3.63. The minimum atomic E-state index is -0.450. The van der Waals surface area contributed by atoms with E-state index in [2.05, 4.69) is 4.98 Å². The molecule has 0 atom stereocenters. The average Bonchev–Trinajstić information content (AvgIpc) is 3.08. The van der Waals surface area contributed by atoms with E-state index in [1.165, 1.54) is 11.0 Å². The summed E-state index contributed by atoms with van der Waals surface area (Å²) < 4.78 is 14.9. The third kappa shape index (κ3) is 3.05. The highest BCUT2D eigenvalue weighted by molar-refractivity contribution is 5.96. The number of carbonyl (C=O) groups excluding carboxylic acids is 1. The van der Waals surface area contributed by atoms with Crippen LogP contribution in [0, 0.1) is 12.7 Å². The summed E-state index contributed by atoms with van der Waals surface area (Å²) in [5.74, 6) is -0.409. The molecule has 0 aliphatic carbocycles. The molecule has 0 bridgehead atoms. The summed E-state index contributed by atoms with van der Waals surface area (Å²) in [6.07, 6.45) is 4.52. The molecule has 5 heteroatoms. The maximum atomic E-state index is 14.9. The number of phenolic OH excluding ortho intramolecular Hbond substituents is 1. The van der Waals surface area contributed by atoms with E-state index in [0.717, 1.165) is 12.0 Å². The summed E-state index contributed by atoms with van der Waals surface area (Å²) in [4.78, 5) is 17.5. The Morgan fingerprint density at radius 3 is 2.41 bits per heavy atom. The number of rotatable bonds is 3. The van der Waals surface area contributed by atoms with Gasteiger partial charge in [-0.1, -0.05) is 18.2 Å².